The summed E-state index contributed by atoms with van der Waals surface area (Å²) in [6.45, 7) is 3.51. The summed E-state index contributed by atoms with van der Waals surface area (Å²) in [5.41, 5.74) is 6.70. The molecule has 110 valence electrons. The number of nitrogens with two attached hydrogens (primary N) is 1. The Morgan fingerprint density at radius 3 is 2.85 bits per heavy atom. The Morgan fingerprint density at radius 1 is 1.55 bits per heavy atom. The Bertz CT molecular complexity index is 521. The van der Waals surface area contributed by atoms with E-state index >= 15 is 0 Å². The van der Waals surface area contributed by atoms with Gasteiger partial charge in [0.1, 0.15) is 0 Å². The molecule has 1 saturated heterocycles. The van der Waals surface area contributed by atoms with Crippen molar-refractivity contribution < 1.29 is 14.6 Å². The summed E-state index contributed by atoms with van der Waals surface area (Å²) in [7, 11) is 1.67. The number of methoxy groups -OCH3 is 1. The Balaban J connectivity index is 2.39. The van der Waals surface area contributed by atoms with Crippen LogP contribution in [0.25, 0.3) is 0 Å². The maximum Gasteiger partial charge on any atom is 0.337 e. The first-order valence-corrected chi connectivity index (χ1v) is 6.92. The molecule has 1 aromatic rings. The zero-order chi connectivity index (χ0) is 14.9. The van der Waals surface area contributed by atoms with Crippen molar-refractivity contribution in [3.05, 3.63) is 22.7 Å². The van der Waals surface area contributed by atoms with E-state index in [-0.39, 0.29) is 11.7 Å². The molecule has 1 aliphatic heterocycles. The third-order valence-corrected chi connectivity index (χ3v) is 4.11. The molecule has 3 N–H and O–H groups in total. The lowest BCUT2D eigenvalue weighted by Gasteiger charge is -2.38. The van der Waals surface area contributed by atoms with Crippen molar-refractivity contribution in [2.75, 3.05) is 30.8 Å². The second-order valence-corrected chi connectivity index (χ2v) is 5.60. The van der Waals surface area contributed by atoms with E-state index in [4.69, 9.17) is 22.1 Å². The number of aromatic carboxylic acids is 1. The third kappa shape index (κ3) is 2.83. The Kier molecular flexibility index (Phi) is 4.40. The average Bonchev–Trinajstić information content (AvgIpc) is 2.39. The van der Waals surface area contributed by atoms with Crippen molar-refractivity contribution in [1.29, 1.82) is 0 Å². The second kappa shape index (κ2) is 5.89. The minimum absolute atomic E-state index is 0.0685. The van der Waals surface area contributed by atoms with Gasteiger partial charge < -0.3 is 20.5 Å². The molecule has 0 radical (unpaired) electrons. The van der Waals surface area contributed by atoms with Gasteiger partial charge in [0.05, 0.1) is 22.4 Å². The number of carboxylic acids is 1. The van der Waals surface area contributed by atoms with Crippen molar-refractivity contribution in [2.45, 2.75) is 19.4 Å². The monoisotopic (exact) mass is 298 g/mol. The highest BCUT2D eigenvalue weighted by atomic mass is 35.5. The smallest absolute Gasteiger partial charge is 0.337 e. The zero-order valence-electron chi connectivity index (χ0n) is 11.6. The quantitative estimate of drug-likeness (QED) is 0.839. The predicted octanol–water partition coefficient (Wildman–Crippen LogP) is 2.48. The van der Waals surface area contributed by atoms with E-state index in [0.717, 1.165) is 13.0 Å². The minimum atomic E-state index is -1.03. The molecule has 1 fully saturated rings. The van der Waals surface area contributed by atoms with Gasteiger partial charge in [0, 0.05) is 25.9 Å². The van der Waals surface area contributed by atoms with Crippen LogP contribution in [-0.2, 0) is 4.74 Å². The lowest BCUT2D eigenvalue weighted by atomic mass is 9.94. The first-order chi connectivity index (χ1) is 9.43. The van der Waals surface area contributed by atoms with E-state index in [1.54, 1.807) is 13.2 Å². The van der Waals surface area contributed by atoms with Gasteiger partial charge in [-0.2, -0.15) is 0 Å². The number of ether oxygens (including phenoxy) is 1. The number of benzene rings is 1. The molecule has 1 aliphatic rings. The SMILES string of the molecule is COC1CN(c2c(Cl)cc(N)cc2C(=O)O)CCC1C. The van der Waals surface area contributed by atoms with Crippen molar-refractivity contribution in [3.63, 3.8) is 0 Å². The normalized spacial score (nSPS) is 22.9. The largest absolute Gasteiger partial charge is 0.478 e. The summed E-state index contributed by atoms with van der Waals surface area (Å²) in [6, 6.07) is 3.03. The Hall–Kier alpha value is -1.46. The summed E-state index contributed by atoms with van der Waals surface area (Å²) in [4.78, 5) is 13.4. The van der Waals surface area contributed by atoms with E-state index in [1.165, 1.54) is 6.07 Å². The van der Waals surface area contributed by atoms with Crippen LogP contribution in [0.15, 0.2) is 12.1 Å². The van der Waals surface area contributed by atoms with Crippen LogP contribution in [0.4, 0.5) is 11.4 Å². The molecular formula is C14H19ClN2O3. The van der Waals surface area contributed by atoms with E-state index in [2.05, 4.69) is 6.92 Å². The lowest BCUT2D eigenvalue weighted by Crippen LogP contribution is -2.44. The summed E-state index contributed by atoms with van der Waals surface area (Å²) < 4.78 is 5.46. The molecule has 0 spiro atoms. The van der Waals surface area contributed by atoms with Crippen molar-refractivity contribution in [1.82, 2.24) is 0 Å². The highest BCUT2D eigenvalue weighted by Crippen LogP contribution is 2.35. The number of hydrogen-bond donors (Lipinski definition) is 2. The number of carbonyl (C=O) groups is 1. The first kappa shape index (κ1) is 14.9. The van der Waals surface area contributed by atoms with Crippen molar-refractivity contribution in [2.24, 2.45) is 5.92 Å². The Labute approximate surface area is 123 Å². The fourth-order valence-corrected chi connectivity index (χ4v) is 3.00. The number of hydrogen-bond acceptors (Lipinski definition) is 4. The lowest BCUT2D eigenvalue weighted by molar-refractivity contribution is 0.0496. The highest BCUT2D eigenvalue weighted by Gasteiger charge is 2.29. The van der Waals surface area contributed by atoms with E-state index < -0.39 is 5.97 Å². The molecular weight excluding hydrogens is 280 g/mol. The summed E-state index contributed by atoms with van der Waals surface area (Å²) in [5.74, 6) is -0.584. The molecule has 0 aliphatic carbocycles. The number of halogens is 1. The number of nitrogens with zero attached hydrogens (tertiary/aromatic N) is 1. The number of rotatable bonds is 3. The van der Waals surface area contributed by atoms with Crippen molar-refractivity contribution in [3.8, 4) is 0 Å². The predicted molar refractivity (Wildman–Crippen MR) is 79.6 cm³/mol. The number of piperidine rings is 1. The van der Waals surface area contributed by atoms with Gasteiger partial charge >= 0.3 is 5.97 Å². The molecule has 6 heteroatoms. The van der Waals surface area contributed by atoms with Crippen LogP contribution in [0.1, 0.15) is 23.7 Å². The summed E-state index contributed by atoms with van der Waals surface area (Å²) in [5, 5.41) is 9.72. The maximum atomic E-state index is 11.4. The van der Waals surface area contributed by atoms with Gasteiger partial charge in [-0.15, -0.1) is 0 Å². The van der Waals surface area contributed by atoms with Gasteiger partial charge in [-0.1, -0.05) is 18.5 Å². The Morgan fingerprint density at radius 2 is 2.25 bits per heavy atom. The summed E-state index contributed by atoms with van der Waals surface area (Å²) in [6.07, 6.45) is 0.997. The maximum absolute atomic E-state index is 11.4. The first-order valence-electron chi connectivity index (χ1n) is 6.54. The van der Waals surface area contributed by atoms with Gasteiger partial charge in [-0.3, -0.25) is 0 Å². The molecule has 0 aromatic heterocycles. The molecule has 2 unspecified atom stereocenters. The zero-order valence-corrected chi connectivity index (χ0v) is 12.4. The minimum Gasteiger partial charge on any atom is -0.478 e. The molecule has 1 heterocycles. The molecule has 5 nitrogen and oxygen atoms in total. The van der Waals surface area contributed by atoms with Crippen LogP contribution in [0.5, 0.6) is 0 Å². The van der Waals surface area contributed by atoms with Crippen LogP contribution in [0, 0.1) is 5.92 Å². The number of carboxylic acid groups (broad SMARTS) is 1. The van der Waals surface area contributed by atoms with Gasteiger partial charge in [0.25, 0.3) is 0 Å². The van der Waals surface area contributed by atoms with Crippen LogP contribution in [-0.4, -0.2) is 37.4 Å². The third-order valence-electron chi connectivity index (χ3n) is 3.82. The standard InChI is InChI=1S/C14H19ClN2O3/c1-8-3-4-17(7-12(8)20-2)13-10(14(18)19)5-9(16)6-11(13)15/h5-6,8,12H,3-4,7,16H2,1-2H3,(H,18,19). The molecule has 2 rings (SSSR count). The second-order valence-electron chi connectivity index (χ2n) is 5.19. The molecule has 0 amide bonds. The summed E-state index contributed by atoms with van der Waals surface area (Å²) >= 11 is 6.21. The highest BCUT2D eigenvalue weighted by molar-refractivity contribution is 6.34. The van der Waals surface area contributed by atoms with Crippen LogP contribution >= 0.6 is 11.6 Å². The molecule has 2 atom stereocenters. The van der Waals surface area contributed by atoms with Crippen LogP contribution in [0.2, 0.25) is 5.02 Å². The van der Waals surface area contributed by atoms with Gasteiger partial charge in [-0.05, 0) is 24.5 Å². The van der Waals surface area contributed by atoms with E-state index in [1.807, 2.05) is 4.90 Å². The molecule has 1 aromatic carbocycles. The van der Waals surface area contributed by atoms with Crippen LogP contribution in [0.3, 0.4) is 0 Å². The van der Waals surface area contributed by atoms with E-state index in [9.17, 15) is 9.90 Å². The number of nitrogen functional groups attached to an aromatic ring is 1. The topological polar surface area (TPSA) is 75.8 Å². The fourth-order valence-electron chi connectivity index (χ4n) is 2.65. The number of anilines is 2. The van der Waals surface area contributed by atoms with Crippen molar-refractivity contribution >= 4 is 28.9 Å². The van der Waals surface area contributed by atoms with Gasteiger partial charge in [0.15, 0.2) is 0 Å². The molecule has 20 heavy (non-hydrogen) atoms. The molecule has 0 bridgehead atoms. The van der Waals surface area contributed by atoms with Crippen LogP contribution < -0.4 is 10.6 Å². The van der Waals surface area contributed by atoms with Gasteiger partial charge in [0.2, 0.25) is 0 Å². The average molecular weight is 299 g/mol. The fraction of sp³-hybridized carbons (Fsp3) is 0.500. The van der Waals surface area contributed by atoms with Gasteiger partial charge in [-0.25, -0.2) is 4.79 Å². The molecule has 0 saturated carbocycles. The van der Waals surface area contributed by atoms with E-state index in [0.29, 0.717) is 28.9 Å².